The lowest BCUT2D eigenvalue weighted by Gasteiger charge is -2.07. The van der Waals surface area contributed by atoms with Gasteiger partial charge in [-0.2, -0.15) is 4.39 Å². The summed E-state index contributed by atoms with van der Waals surface area (Å²) in [7, 11) is 0. The number of rotatable bonds is 3. The maximum Gasteiger partial charge on any atom is 0.307 e. The molecule has 1 aromatic heterocycles. The second-order valence-corrected chi connectivity index (χ2v) is 2.67. The monoisotopic (exact) mass is 223 g/mol. The molecule has 1 aromatic rings. The molecule has 0 amide bonds. The van der Waals surface area contributed by atoms with Gasteiger partial charge in [0.2, 0.25) is 5.95 Å². The number of carbonyl (C=O) groups is 1. The highest BCUT2D eigenvalue weighted by atomic mass is 19.3. The van der Waals surface area contributed by atoms with Crippen molar-refractivity contribution in [3.63, 3.8) is 0 Å². The zero-order chi connectivity index (χ0) is 11.6. The van der Waals surface area contributed by atoms with Crippen LogP contribution in [0.1, 0.15) is 17.6 Å². The third kappa shape index (κ3) is 2.42. The number of carboxylic acid groups (broad SMARTS) is 1. The van der Waals surface area contributed by atoms with Gasteiger partial charge in [0.1, 0.15) is 0 Å². The average Bonchev–Trinajstić information content (AvgIpc) is 2.10. The predicted octanol–water partition coefficient (Wildman–Crippen LogP) is 1.92. The molecular formula is C8H5F4NO2. The van der Waals surface area contributed by atoms with Gasteiger partial charge in [0.25, 0.3) is 6.43 Å². The number of nitrogens with zero attached hydrogens (tertiary/aromatic N) is 1. The highest BCUT2D eigenvalue weighted by molar-refractivity contribution is 5.70. The number of hydrogen-bond acceptors (Lipinski definition) is 2. The maximum absolute atomic E-state index is 12.9. The summed E-state index contributed by atoms with van der Waals surface area (Å²) in [5.74, 6) is -4.90. The first-order chi connectivity index (χ1) is 6.93. The van der Waals surface area contributed by atoms with Gasteiger partial charge in [-0.3, -0.25) is 4.79 Å². The van der Waals surface area contributed by atoms with Gasteiger partial charge in [-0.25, -0.2) is 18.2 Å². The molecule has 0 spiro atoms. The van der Waals surface area contributed by atoms with Gasteiger partial charge in [0.15, 0.2) is 5.82 Å². The van der Waals surface area contributed by atoms with E-state index in [1.54, 1.807) is 0 Å². The molecule has 0 aliphatic carbocycles. The van der Waals surface area contributed by atoms with Crippen molar-refractivity contribution in [3.8, 4) is 0 Å². The molecular weight excluding hydrogens is 218 g/mol. The summed E-state index contributed by atoms with van der Waals surface area (Å²) in [6.07, 6.45) is -3.52. The zero-order valence-corrected chi connectivity index (χ0v) is 7.18. The summed E-state index contributed by atoms with van der Waals surface area (Å²) < 4.78 is 49.9. The largest absolute Gasteiger partial charge is 0.481 e. The Labute approximate surface area is 81.4 Å². The van der Waals surface area contributed by atoms with Crippen LogP contribution < -0.4 is 0 Å². The van der Waals surface area contributed by atoms with E-state index in [-0.39, 0.29) is 0 Å². The van der Waals surface area contributed by atoms with Crippen molar-refractivity contribution in [1.82, 2.24) is 4.98 Å². The van der Waals surface area contributed by atoms with Crippen molar-refractivity contribution in [3.05, 3.63) is 29.1 Å². The molecule has 1 heterocycles. The fraction of sp³-hybridized carbons (Fsp3) is 0.250. The van der Waals surface area contributed by atoms with E-state index >= 15 is 0 Å². The van der Waals surface area contributed by atoms with E-state index in [9.17, 15) is 22.4 Å². The number of halogens is 4. The second-order valence-electron chi connectivity index (χ2n) is 2.67. The third-order valence-electron chi connectivity index (χ3n) is 1.66. The number of pyridine rings is 1. The van der Waals surface area contributed by atoms with Crippen LogP contribution in [-0.2, 0) is 11.2 Å². The Bertz CT molecular complexity index is 394. The molecule has 3 nitrogen and oxygen atoms in total. The molecule has 0 aromatic carbocycles. The number of aromatic nitrogens is 1. The van der Waals surface area contributed by atoms with Crippen LogP contribution in [-0.4, -0.2) is 16.1 Å². The Balaban J connectivity index is 3.26. The molecule has 0 bridgehead atoms. The third-order valence-corrected chi connectivity index (χ3v) is 1.66. The maximum atomic E-state index is 12.9. The molecule has 0 unspecified atom stereocenters. The number of aliphatic carboxylic acids is 1. The fourth-order valence-electron chi connectivity index (χ4n) is 1.05. The molecule has 0 aliphatic heterocycles. The van der Waals surface area contributed by atoms with Gasteiger partial charge in [-0.05, 0) is 5.56 Å². The van der Waals surface area contributed by atoms with Crippen molar-refractivity contribution in [2.75, 3.05) is 0 Å². The van der Waals surface area contributed by atoms with Gasteiger partial charge in [-0.15, -0.1) is 0 Å². The molecule has 15 heavy (non-hydrogen) atoms. The lowest BCUT2D eigenvalue weighted by molar-refractivity contribution is -0.136. The molecule has 82 valence electrons. The van der Waals surface area contributed by atoms with Crippen LogP contribution in [0, 0.1) is 11.8 Å². The van der Waals surface area contributed by atoms with Crippen molar-refractivity contribution in [2.24, 2.45) is 0 Å². The average molecular weight is 223 g/mol. The van der Waals surface area contributed by atoms with E-state index in [0.29, 0.717) is 6.20 Å². The Morgan fingerprint density at radius 3 is 2.53 bits per heavy atom. The minimum Gasteiger partial charge on any atom is -0.481 e. The van der Waals surface area contributed by atoms with E-state index in [4.69, 9.17) is 5.11 Å². The number of alkyl halides is 2. The molecule has 0 saturated carbocycles. The molecule has 1 rings (SSSR count). The van der Waals surface area contributed by atoms with Crippen LogP contribution in [0.25, 0.3) is 0 Å². The van der Waals surface area contributed by atoms with Crippen LogP contribution in [0.5, 0.6) is 0 Å². The molecule has 1 N–H and O–H groups in total. The summed E-state index contributed by atoms with van der Waals surface area (Å²) in [5.41, 5.74) is -1.78. The van der Waals surface area contributed by atoms with Crippen molar-refractivity contribution in [1.29, 1.82) is 0 Å². The van der Waals surface area contributed by atoms with Gasteiger partial charge < -0.3 is 5.11 Å². The van der Waals surface area contributed by atoms with E-state index in [2.05, 4.69) is 4.98 Å². The van der Waals surface area contributed by atoms with Crippen LogP contribution in [0.4, 0.5) is 17.6 Å². The lowest BCUT2D eigenvalue weighted by atomic mass is 10.1. The minimum absolute atomic E-state index is 0.531. The molecule has 7 heteroatoms. The summed E-state index contributed by atoms with van der Waals surface area (Å²) >= 11 is 0. The topological polar surface area (TPSA) is 50.2 Å². The standard InChI is InChI=1S/C8H5F4NO2/c9-6-5(7(10)11)3(1-4(14)15)2-13-8(6)12/h2,7H,1H2,(H,14,15). The Hall–Kier alpha value is -1.66. The Morgan fingerprint density at radius 1 is 1.47 bits per heavy atom. The van der Waals surface area contributed by atoms with Crippen LogP contribution >= 0.6 is 0 Å². The van der Waals surface area contributed by atoms with Crippen LogP contribution in [0.3, 0.4) is 0 Å². The van der Waals surface area contributed by atoms with E-state index in [1.165, 1.54) is 0 Å². The summed E-state index contributed by atoms with van der Waals surface area (Å²) in [5, 5.41) is 8.34. The van der Waals surface area contributed by atoms with E-state index < -0.39 is 41.7 Å². The summed E-state index contributed by atoms with van der Waals surface area (Å²) in [4.78, 5) is 13.1. The van der Waals surface area contributed by atoms with Gasteiger partial charge in [0.05, 0.1) is 12.0 Å². The number of carboxylic acids is 1. The smallest absolute Gasteiger partial charge is 0.307 e. The highest BCUT2D eigenvalue weighted by Crippen LogP contribution is 2.26. The second kappa shape index (κ2) is 4.24. The lowest BCUT2D eigenvalue weighted by Crippen LogP contribution is -2.09. The molecule has 0 saturated heterocycles. The van der Waals surface area contributed by atoms with Gasteiger partial charge in [-0.1, -0.05) is 0 Å². The fourth-order valence-corrected chi connectivity index (χ4v) is 1.05. The first-order valence-electron chi connectivity index (χ1n) is 3.76. The Morgan fingerprint density at radius 2 is 2.07 bits per heavy atom. The normalized spacial score (nSPS) is 10.7. The van der Waals surface area contributed by atoms with Crippen LogP contribution in [0.15, 0.2) is 6.20 Å². The number of hydrogen-bond donors (Lipinski definition) is 1. The first-order valence-corrected chi connectivity index (χ1v) is 3.76. The zero-order valence-electron chi connectivity index (χ0n) is 7.18. The minimum atomic E-state index is -3.28. The molecule has 0 radical (unpaired) electrons. The SMILES string of the molecule is O=C(O)Cc1cnc(F)c(F)c1C(F)F. The Kier molecular flexibility index (Phi) is 3.23. The van der Waals surface area contributed by atoms with Crippen molar-refractivity contribution < 1.29 is 27.5 Å². The quantitative estimate of drug-likeness (QED) is 0.629. The van der Waals surface area contributed by atoms with Crippen molar-refractivity contribution >= 4 is 5.97 Å². The highest BCUT2D eigenvalue weighted by Gasteiger charge is 2.23. The molecule has 0 fully saturated rings. The van der Waals surface area contributed by atoms with Crippen LogP contribution in [0.2, 0.25) is 0 Å². The predicted molar refractivity (Wildman–Crippen MR) is 40.4 cm³/mol. The molecule has 0 atom stereocenters. The first kappa shape index (κ1) is 11.4. The van der Waals surface area contributed by atoms with E-state index in [1.807, 2.05) is 0 Å². The summed E-state index contributed by atoms with van der Waals surface area (Å²) in [6.45, 7) is 0. The molecule has 0 aliphatic rings. The summed E-state index contributed by atoms with van der Waals surface area (Å²) in [6, 6.07) is 0. The van der Waals surface area contributed by atoms with Crippen molar-refractivity contribution in [2.45, 2.75) is 12.8 Å². The van der Waals surface area contributed by atoms with Gasteiger partial charge >= 0.3 is 5.97 Å². The van der Waals surface area contributed by atoms with Gasteiger partial charge in [0, 0.05) is 6.20 Å². The van der Waals surface area contributed by atoms with E-state index in [0.717, 1.165) is 0 Å².